The number of nitrogens with zero attached hydrogens (tertiary/aromatic N) is 2. The van der Waals surface area contributed by atoms with Gasteiger partial charge in [0.25, 0.3) is 0 Å². The van der Waals surface area contributed by atoms with E-state index in [0.29, 0.717) is 55.5 Å². The number of urea groups is 2. The van der Waals surface area contributed by atoms with E-state index in [1.165, 1.54) is 49.7 Å². The van der Waals surface area contributed by atoms with Crippen LogP contribution in [-0.4, -0.2) is 181 Å². The second kappa shape index (κ2) is 32.6. The third-order valence-corrected chi connectivity index (χ3v) is 18.7. The second-order valence-electron chi connectivity index (χ2n) is 21.0. The molecule has 6 N–H and O–H groups in total. The molecule has 3 aromatic rings. The van der Waals surface area contributed by atoms with Crippen LogP contribution in [0, 0.1) is 0 Å². The Bertz CT molecular complexity index is 2790. The summed E-state index contributed by atoms with van der Waals surface area (Å²) in [4.78, 5) is 29.6. The summed E-state index contributed by atoms with van der Waals surface area (Å²) >= 11 is 12.9. The second-order valence-corrected chi connectivity index (χ2v) is 25.6. The molecule has 4 amide bonds. The minimum atomic E-state index is -3.77. The summed E-state index contributed by atoms with van der Waals surface area (Å²) in [7, 11) is -7.53. The molecule has 3 aromatic carbocycles. The van der Waals surface area contributed by atoms with Crippen LogP contribution in [-0.2, 0) is 45.4 Å². The molecule has 24 heteroatoms. The predicted molar refractivity (Wildman–Crippen MR) is 315 cm³/mol. The number of benzene rings is 3. The normalized spacial score (nSPS) is 21.2. The number of ether oxygens (including phenoxy) is 6. The summed E-state index contributed by atoms with van der Waals surface area (Å²) in [5.41, 5.74) is 4.77. The van der Waals surface area contributed by atoms with Crippen LogP contribution in [0.1, 0.15) is 81.4 Å². The number of hydrogen-bond acceptors (Lipinski definition) is 14. The molecule has 8 rings (SSSR count). The third-order valence-electron chi connectivity index (χ3n) is 15.2. The molecule has 82 heavy (non-hydrogen) atoms. The topological polar surface area (TPSA) is 236 Å². The minimum Gasteiger partial charge on any atom is -0.484 e. The van der Waals surface area contributed by atoms with Gasteiger partial charge in [0.1, 0.15) is 23.7 Å². The number of rotatable bonds is 33. The first-order valence-electron chi connectivity index (χ1n) is 29.0. The fourth-order valence-electron chi connectivity index (χ4n) is 11.0. The number of sulfonamides is 2. The van der Waals surface area contributed by atoms with Gasteiger partial charge in [0, 0.05) is 44.3 Å². The average molecular weight is 1220 g/mol. The smallest absolute Gasteiger partial charge is 0.314 e. The van der Waals surface area contributed by atoms with Crippen LogP contribution in [0.25, 0.3) is 0 Å². The molecular formula is C58H82Cl2N8O12S2. The summed E-state index contributed by atoms with van der Waals surface area (Å²) in [6.07, 6.45) is 15.2. The van der Waals surface area contributed by atoms with Gasteiger partial charge in [-0.25, -0.2) is 35.9 Å². The molecule has 452 valence electrons. The van der Waals surface area contributed by atoms with E-state index in [4.69, 9.17) is 51.6 Å². The number of hydrogen-bond donors (Lipinski definition) is 6. The Morgan fingerprint density at radius 1 is 0.537 bits per heavy atom. The molecule has 2 saturated heterocycles. The van der Waals surface area contributed by atoms with Gasteiger partial charge in [-0.3, -0.25) is 9.80 Å². The molecule has 5 aliphatic rings. The van der Waals surface area contributed by atoms with Crippen molar-refractivity contribution in [3.63, 3.8) is 0 Å². The summed E-state index contributed by atoms with van der Waals surface area (Å²) in [6, 6.07) is 18.8. The van der Waals surface area contributed by atoms with E-state index in [9.17, 15) is 26.4 Å². The molecule has 3 fully saturated rings. The van der Waals surface area contributed by atoms with E-state index in [-0.39, 0.29) is 117 Å². The Balaban J connectivity index is 0.570. The van der Waals surface area contributed by atoms with Crippen molar-refractivity contribution in [3.8, 4) is 11.5 Å². The number of amides is 4. The molecule has 5 atom stereocenters. The lowest BCUT2D eigenvalue weighted by Crippen LogP contribution is -2.45. The first-order chi connectivity index (χ1) is 39.8. The maximum atomic E-state index is 13.0. The lowest BCUT2D eigenvalue weighted by Gasteiger charge is -2.35. The number of fused-ring (bicyclic) bond motifs is 2. The van der Waals surface area contributed by atoms with E-state index < -0.39 is 20.0 Å². The molecule has 3 aliphatic carbocycles. The number of halogens is 2. The zero-order valence-corrected chi connectivity index (χ0v) is 49.9. The van der Waals surface area contributed by atoms with Crippen molar-refractivity contribution in [2.45, 2.75) is 110 Å². The number of likely N-dealkylation sites (tertiary alicyclic amines) is 2. The number of carbonyl (C=O) groups excluding carboxylic acids is 2. The SMILES string of the molecule is O=C(NCCCCNC(=O)NCCOCCOCCNS(=O)(=O)c1ccc(O[C@H]2c3cc(Cl)ccc3CC2N2CCCCC2)cc1)NCCOCCOCCNS(=O)(=O)c1ccc(O[C@H]2C3=CC(Cl)CC=C3CC2N2CCCCC2)cc1. The number of allylic oxidation sites excluding steroid dienone is 2. The van der Waals surface area contributed by atoms with Gasteiger partial charge in [0.2, 0.25) is 20.0 Å². The third kappa shape index (κ3) is 19.5. The minimum absolute atomic E-state index is 0.0587. The number of alkyl halides is 1. The lowest BCUT2D eigenvalue weighted by molar-refractivity contribution is 0.0516. The maximum Gasteiger partial charge on any atom is 0.314 e. The molecule has 0 bridgehead atoms. The van der Waals surface area contributed by atoms with Crippen LogP contribution < -0.4 is 40.2 Å². The van der Waals surface area contributed by atoms with Gasteiger partial charge in [-0.1, -0.05) is 42.7 Å². The molecular weight excluding hydrogens is 1140 g/mol. The number of piperidine rings is 2. The molecule has 0 radical (unpaired) electrons. The van der Waals surface area contributed by atoms with Gasteiger partial charge in [-0.05, 0) is 167 Å². The average Bonchev–Trinajstić information content (AvgIpc) is 4.25. The maximum absolute atomic E-state index is 13.0. The largest absolute Gasteiger partial charge is 0.484 e. The Morgan fingerprint density at radius 3 is 1.49 bits per heavy atom. The highest BCUT2D eigenvalue weighted by atomic mass is 35.5. The van der Waals surface area contributed by atoms with Gasteiger partial charge >= 0.3 is 12.1 Å². The van der Waals surface area contributed by atoms with Crippen LogP contribution in [0.3, 0.4) is 0 Å². The van der Waals surface area contributed by atoms with E-state index >= 15 is 0 Å². The Labute approximate surface area is 494 Å². The van der Waals surface area contributed by atoms with Crippen LogP contribution in [0.15, 0.2) is 99.8 Å². The highest BCUT2D eigenvalue weighted by Crippen LogP contribution is 2.42. The highest BCUT2D eigenvalue weighted by Gasteiger charge is 2.42. The number of carbonyl (C=O) groups is 2. The van der Waals surface area contributed by atoms with Crippen molar-refractivity contribution in [3.05, 3.63) is 106 Å². The van der Waals surface area contributed by atoms with Crippen molar-refractivity contribution < 1.29 is 54.8 Å². The summed E-state index contributed by atoms with van der Waals surface area (Å²) in [5.74, 6) is 1.21. The Hall–Kier alpha value is -4.56. The monoisotopic (exact) mass is 1220 g/mol. The van der Waals surface area contributed by atoms with Crippen molar-refractivity contribution >= 4 is 55.3 Å². The molecule has 3 unspecified atom stereocenters. The molecule has 1 saturated carbocycles. The van der Waals surface area contributed by atoms with Gasteiger partial charge in [-0.15, -0.1) is 11.6 Å². The Kier molecular flexibility index (Phi) is 25.3. The van der Waals surface area contributed by atoms with E-state index in [1.807, 2.05) is 12.1 Å². The van der Waals surface area contributed by atoms with Crippen molar-refractivity contribution in [2.24, 2.45) is 0 Å². The van der Waals surface area contributed by atoms with Gasteiger partial charge in [-0.2, -0.15) is 0 Å². The van der Waals surface area contributed by atoms with Crippen LogP contribution in [0.5, 0.6) is 11.5 Å². The number of nitrogens with one attached hydrogen (secondary N) is 6. The zero-order chi connectivity index (χ0) is 57.6. The quantitative estimate of drug-likeness (QED) is 0.0285. The first kappa shape index (κ1) is 63.5. The van der Waals surface area contributed by atoms with Gasteiger partial charge < -0.3 is 49.7 Å². The van der Waals surface area contributed by atoms with Gasteiger partial charge in [0.05, 0.1) is 80.1 Å². The van der Waals surface area contributed by atoms with Crippen molar-refractivity contribution in [1.82, 2.24) is 40.5 Å². The van der Waals surface area contributed by atoms with Gasteiger partial charge in [0.15, 0.2) is 0 Å². The molecule has 2 aliphatic heterocycles. The highest BCUT2D eigenvalue weighted by molar-refractivity contribution is 7.89. The number of unbranched alkanes of at least 4 members (excludes halogenated alkanes) is 1. The molecule has 0 aromatic heterocycles. The summed E-state index contributed by atoms with van der Waals surface area (Å²) in [5, 5.41) is 11.6. The lowest BCUT2D eigenvalue weighted by atomic mass is 9.99. The molecule has 2 heterocycles. The zero-order valence-electron chi connectivity index (χ0n) is 46.8. The van der Waals surface area contributed by atoms with Crippen LogP contribution in [0.2, 0.25) is 5.02 Å². The Morgan fingerprint density at radius 2 is 0.988 bits per heavy atom. The van der Waals surface area contributed by atoms with Crippen molar-refractivity contribution in [2.75, 3.05) is 118 Å². The predicted octanol–water partition coefficient (Wildman–Crippen LogP) is 6.44. The van der Waals surface area contributed by atoms with Crippen LogP contribution in [0.4, 0.5) is 9.59 Å². The fraction of sp³-hybridized carbons (Fsp3) is 0.586. The van der Waals surface area contributed by atoms with Crippen LogP contribution >= 0.6 is 23.2 Å². The standard InChI is InChI=1S/C58H82Cl2N8O12S2/c59-45-11-9-43-39-53(67-27-5-1-6-28-67)55(51(43)41-45)79-47-13-17-49(18-14-47)81(71,72)65-25-33-77-37-35-75-31-23-63-57(69)61-21-3-4-22-62-58(70)64-24-32-76-36-38-78-34-26-66-82(73,74)50-19-15-48(16-20-50)80-56-52-42-46(60)12-10-44(52)40-54(56)68-29-7-2-8-30-68/h9-11,13-20,41-42,46,53-56,65-66H,1-8,12,21-40H2,(H2,61,63,69)(H2,62,64,70)/t46?,53?,54?,55-,56-/m0/s1. The molecule has 0 spiro atoms. The van der Waals surface area contributed by atoms with E-state index in [2.05, 4.69) is 58.7 Å². The van der Waals surface area contributed by atoms with Crippen molar-refractivity contribution in [1.29, 1.82) is 0 Å². The van der Waals surface area contributed by atoms with E-state index in [1.54, 1.807) is 48.5 Å². The fourth-order valence-corrected chi connectivity index (χ4v) is 13.4. The molecule has 20 nitrogen and oxygen atoms in total. The summed E-state index contributed by atoms with van der Waals surface area (Å²) < 4.78 is 92.4. The van der Waals surface area contributed by atoms with E-state index in [0.717, 1.165) is 56.6 Å². The first-order valence-corrected chi connectivity index (χ1v) is 32.8. The summed E-state index contributed by atoms with van der Waals surface area (Å²) in [6.45, 7) is 7.72.